The minimum atomic E-state index is 0.772. The number of para-hydroxylation sites is 3. The summed E-state index contributed by atoms with van der Waals surface area (Å²) < 4.78 is 6.76. The topological polar surface area (TPSA) is 66.3 Å². The highest BCUT2D eigenvalue weighted by molar-refractivity contribution is 6.17. The van der Waals surface area contributed by atoms with Crippen LogP contribution in [0.5, 0.6) is 0 Å². The molecule has 49 heavy (non-hydrogen) atoms. The van der Waals surface area contributed by atoms with Crippen LogP contribution in [0.1, 0.15) is 0 Å². The molecule has 0 spiro atoms. The molecular weight excluding hydrogens is 603 g/mol. The maximum absolute atomic E-state index is 5.00. The van der Waals surface area contributed by atoms with E-state index in [9.17, 15) is 0 Å². The molecule has 0 atom stereocenters. The van der Waals surface area contributed by atoms with Gasteiger partial charge in [-0.25, -0.2) is 0 Å². The third kappa shape index (κ3) is 4.09. The fourth-order valence-electron chi connectivity index (χ4n) is 7.39. The third-order valence-corrected chi connectivity index (χ3v) is 9.36. The number of hydrogen-bond acceptors (Lipinski definition) is 4. The van der Waals surface area contributed by atoms with Crippen molar-refractivity contribution in [1.82, 2.24) is 33.9 Å². The highest BCUT2D eigenvalue weighted by Gasteiger charge is 2.25. The second-order valence-electron chi connectivity index (χ2n) is 12.0. The van der Waals surface area contributed by atoms with Gasteiger partial charge in [-0.15, -0.1) is 10.2 Å². The van der Waals surface area contributed by atoms with Gasteiger partial charge >= 0.3 is 0 Å². The number of aromatic nitrogens is 7. The van der Waals surface area contributed by atoms with Crippen LogP contribution in [0.15, 0.2) is 164 Å². The predicted molar refractivity (Wildman–Crippen MR) is 196 cm³/mol. The number of fused-ring (bicyclic) bond motifs is 6. The van der Waals surface area contributed by atoms with E-state index in [-0.39, 0.29) is 0 Å². The van der Waals surface area contributed by atoms with Crippen molar-refractivity contribution in [3.8, 4) is 39.8 Å². The molecule has 0 fully saturated rings. The van der Waals surface area contributed by atoms with E-state index in [1.807, 2.05) is 30.6 Å². The summed E-state index contributed by atoms with van der Waals surface area (Å²) in [5.74, 6) is 1.54. The molecule has 0 amide bonds. The number of benzene rings is 5. The van der Waals surface area contributed by atoms with Gasteiger partial charge in [0.25, 0.3) is 0 Å². The van der Waals surface area contributed by atoms with Crippen molar-refractivity contribution >= 4 is 43.6 Å². The van der Waals surface area contributed by atoms with E-state index in [0.29, 0.717) is 0 Å². The number of hydrogen-bond donors (Lipinski definition) is 0. The molecule has 5 aromatic heterocycles. The first-order valence-electron chi connectivity index (χ1n) is 16.2. The zero-order valence-electron chi connectivity index (χ0n) is 26.2. The Kier molecular flexibility index (Phi) is 6.04. The smallest absolute Gasteiger partial charge is 0.169 e. The molecule has 10 aromatic rings. The maximum Gasteiger partial charge on any atom is 0.169 e. The summed E-state index contributed by atoms with van der Waals surface area (Å²) in [7, 11) is 0. The fraction of sp³-hybridized carbons (Fsp3) is 0. The Balaban J connectivity index is 1.30. The first-order valence-corrected chi connectivity index (χ1v) is 16.2. The molecule has 0 saturated heterocycles. The molecule has 0 aliphatic rings. The van der Waals surface area contributed by atoms with Gasteiger partial charge in [0.15, 0.2) is 11.6 Å². The summed E-state index contributed by atoms with van der Waals surface area (Å²) in [5.41, 5.74) is 9.38. The van der Waals surface area contributed by atoms with Crippen LogP contribution < -0.4 is 0 Å². The minimum Gasteiger partial charge on any atom is -0.308 e. The molecule has 0 bridgehead atoms. The van der Waals surface area contributed by atoms with E-state index in [1.54, 1.807) is 12.4 Å². The second-order valence-corrected chi connectivity index (χ2v) is 12.0. The normalized spacial score (nSPS) is 11.7. The Hall–Kier alpha value is -6.86. The van der Waals surface area contributed by atoms with Crippen molar-refractivity contribution in [2.24, 2.45) is 0 Å². The molecule has 0 saturated carbocycles. The minimum absolute atomic E-state index is 0.772. The van der Waals surface area contributed by atoms with Gasteiger partial charge in [-0.1, -0.05) is 78.9 Å². The van der Waals surface area contributed by atoms with Gasteiger partial charge in [0.2, 0.25) is 0 Å². The van der Waals surface area contributed by atoms with Gasteiger partial charge in [-0.2, -0.15) is 0 Å². The van der Waals surface area contributed by atoms with E-state index in [1.165, 1.54) is 0 Å². The van der Waals surface area contributed by atoms with Crippen LogP contribution in [0.3, 0.4) is 0 Å². The van der Waals surface area contributed by atoms with Crippen LogP contribution in [0, 0.1) is 0 Å². The first kappa shape index (κ1) is 27.3. The van der Waals surface area contributed by atoms with Crippen LogP contribution in [-0.4, -0.2) is 33.9 Å². The van der Waals surface area contributed by atoms with Crippen molar-refractivity contribution in [2.75, 3.05) is 0 Å². The highest BCUT2D eigenvalue weighted by atomic mass is 15.3. The number of nitrogens with zero attached hydrogens (tertiary/aromatic N) is 7. The third-order valence-electron chi connectivity index (χ3n) is 9.36. The second kappa shape index (κ2) is 10.9. The summed E-state index contributed by atoms with van der Waals surface area (Å²) in [4.78, 5) is 8.88. The zero-order valence-corrected chi connectivity index (χ0v) is 26.2. The number of pyridine rings is 2. The summed E-state index contributed by atoms with van der Waals surface area (Å²) in [5, 5.41) is 14.5. The SMILES string of the molecule is c1ccc(-n2c(-c3cccc4c3c3ccccc3n4-c3cccnc3)nnc2-c2cccc3c2c2ccccc2n3-c2cccnc2)cc1. The van der Waals surface area contributed by atoms with Crippen LogP contribution in [0.4, 0.5) is 0 Å². The van der Waals surface area contributed by atoms with E-state index in [2.05, 4.69) is 145 Å². The van der Waals surface area contributed by atoms with E-state index >= 15 is 0 Å². The van der Waals surface area contributed by atoms with Crippen LogP contribution in [-0.2, 0) is 0 Å². The van der Waals surface area contributed by atoms with Crippen molar-refractivity contribution in [3.05, 3.63) is 164 Å². The van der Waals surface area contributed by atoms with Crippen LogP contribution in [0.2, 0.25) is 0 Å². The lowest BCUT2D eigenvalue weighted by Gasteiger charge is -2.13. The molecule has 5 aromatic carbocycles. The van der Waals surface area contributed by atoms with Crippen molar-refractivity contribution in [3.63, 3.8) is 0 Å². The van der Waals surface area contributed by atoms with Gasteiger partial charge in [0.1, 0.15) is 0 Å². The Morgan fingerprint density at radius 3 is 1.29 bits per heavy atom. The molecule has 7 heteroatoms. The summed E-state index contributed by atoms with van der Waals surface area (Å²) >= 11 is 0. The standard InChI is InChI=1S/C42H27N7/c1-2-12-28(13-3-1)49-41(33-18-8-22-37-39(33)31-16-4-6-20-35(31)47(37)29-14-10-24-43-26-29)45-46-42(49)34-19-9-23-38-40(34)32-17-5-7-21-36(32)48(38)30-15-11-25-44-27-30/h1-27H. The van der Waals surface area contributed by atoms with Gasteiger partial charge in [0, 0.05) is 50.8 Å². The quantitative estimate of drug-likeness (QED) is 0.190. The number of rotatable bonds is 5. The van der Waals surface area contributed by atoms with E-state index < -0.39 is 0 Å². The molecule has 0 aliphatic heterocycles. The van der Waals surface area contributed by atoms with Gasteiger partial charge in [-0.05, 0) is 60.7 Å². The Bertz CT molecular complexity index is 2640. The lowest BCUT2D eigenvalue weighted by atomic mass is 10.0. The zero-order chi connectivity index (χ0) is 32.3. The average molecular weight is 630 g/mol. The maximum atomic E-state index is 5.00. The first-order chi connectivity index (χ1) is 24.4. The molecule has 230 valence electrons. The highest BCUT2D eigenvalue weighted by Crippen LogP contribution is 2.42. The Labute approximate surface area is 281 Å². The Morgan fingerprint density at radius 2 is 0.796 bits per heavy atom. The molecular formula is C42H27N7. The summed E-state index contributed by atoms with van der Waals surface area (Å²) in [6.07, 6.45) is 7.43. The predicted octanol–water partition coefficient (Wildman–Crippen LogP) is 9.59. The lowest BCUT2D eigenvalue weighted by molar-refractivity contribution is 1.08. The van der Waals surface area contributed by atoms with E-state index in [0.717, 1.165) is 83.4 Å². The molecule has 0 unspecified atom stereocenters. The van der Waals surface area contributed by atoms with E-state index in [4.69, 9.17) is 10.2 Å². The van der Waals surface area contributed by atoms with Crippen molar-refractivity contribution in [2.45, 2.75) is 0 Å². The van der Waals surface area contributed by atoms with Gasteiger partial charge in [-0.3, -0.25) is 14.5 Å². The summed E-state index contributed by atoms with van der Waals surface area (Å²) in [6.45, 7) is 0. The van der Waals surface area contributed by atoms with Crippen LogP contribution >= 0.6 is 0 Å². The van der Waals surface area contributed by atoms with Crippen molar-refractivity contribution in [1.29, 1.82) is 0 Å². The Morgan fingerprint density at radius 1 is 0.347 bits per heavy atom. The molecule has 7 nitrogen and oxygen atoms in total. The molecule has 10 rings (SSSR count). The fourth-order valence-corrected chi connectivity index (χ4v) is 7.39. The molecule has 0 radical (unpaired) electrons. The monoisotopic (exact) mass is 629 g/mol. The molecule has 0 N–H and O–H groups in total. The molecule has 5 heterocycles. The van der Waals surface area contributed by atoms with Gasteiger partial charge in [0.05, 0.1) is 45.8 Å². The van der Waals surface area contributed by atoms with Crippen molar-refractivity contribution < 1.29 is 0 Å². The summed E-state index contributed by atoms with van der Waals surface area (Å²) in [6, 6.07) is 48.5. The average Bonchev–Trinajstić information content (AvgIpc) is 3.86. The van der Waals surface area contributed by atoms with Gasteiger partial charge < -0.3 is 9.13 Å². The largest absolute Gasteiger partial charge is 0.308 e. The lowest BCUT2D eigenvalue weighted by Crippen LogP contribution is -2.01. The molecule has 0 aliphatic carbocycles. The van der Waals surface area contributed by atoms with Crippen LogP contribution in [0.25, 0.3) is 83.4 Å².